The molecular formula is C7H5BrN2O. The van der Waals surface area contributed by atoms with Crippen molar-refractivity contribution < 1.29 is 0 Å². The molecule has 1 heterocycles. The SMILES string of the molecule is Cc1c(C#N)c(Br)c[nH]c1=O. The van der Waals surface area contributed by atoms with Gasteiger partial charge in [-0.05, 0) is 22.9 Å². The average molecular weight is 213 g/mol. The van der Waals surface area contributed by atoms with Gasteiger partial charge in [0.15, 0.2) is 0 Å². The van der Waals surface area contributed by atoms with Gasteiger partial charge in [0.2, 0.25) is 0 Å². The Labute approximate surface area is 71.8 Å². The molecule has 1 rings (SSSR count). The quantitative estimate of drug-likeness (QED) is 0.706. The number of rotatable bonds is 0. The van der Waals surface area contributed by atoms with Crippen LogP contribution in [-0.4, -0.2) is 4.98 Å². The Morgan fingerprint density at radius 1 is 1.73 bits per heavy atom. The van der Waals surface area contributed by atoms with Crippen LogP contribution in [0.5, 0.6) is 0 Å². The predicted octanol–water partition coefficient (Wildman–Crippen LogP) is 1.32. The van der Waals surface area contributed by atoms with Gasteiger partial charge in [-0.15, -0.1) is 0 Å². The average Bonchev–Trinajstić information content (AvgIpc) is 1.99. The third-order valence-corrected chi connectivity index (χ3v) is 2.02. The first-order valence-electron chi connectivity index (χ1n) is 2.94. The van der Waals surface area contributed by atoms with Gasteiger partial charge in [-0.1, -0.05) is 0 Å². The summed E-state index contributed by atoms with van der Waals surface area (Å²) in [4.78, 5) is 13.4. The standard InChI is InChI=1S/C7H5BrN2O/c1-4-5(2-9)6(8)3-10-7(4)11/h3H,1H3,(H,10,11). The summed E-state index contributed by atoms with van der Waals surface area (Å²) in [5.41, 5.74) is 0.625. The van der Waals surface area contributed by atoms with Crippen LogP contribution < -0.4 is 5.56 Å². The smallest absolute Gasteiger partial charge is 0.252 e. The number of pyridine rings is 1. The number of hydrogen-bond donors (Lipinski definition) is 1. The number of aromatic nitrogens is 1. The maximum Gasteiger partial charge on any atom is 0.252 e. The molecule has 0 atom stereocenters. The van der Waals surface area contributed by atoms with Crippen LogP contribution in [0.15, 0.2) is 15.5 Å². The van der Waals surface area contributed by atoms with Crippen molar-refractivity contribution in [2.75, 3.05) is 0 Å². The molecule has 0 saturated heterocycles. The zero-order valence-electron chi connectivity index (χ0n) is 5.81. The fraction of sp³-hybridized carbons (Fsp3) is 0.143. The lowest BCUT2D eigenvalue weighted by Gasteiger charge is -1.96. The second-order valence-corrected chi connectivity index (χ2v) is 2.93. The summed E-state index contributed by atoms with van der Waals surface area (Å²) < 4.78 is 0.622. The van der Waals surface area contributed by atoms with E-state index in [4.69, 9.17) is 5.26 Å². The summed E-state index contributed by atoms with van der Waals surface area (Å²) in [7, 11) is 0. The molecule has 11 heavy (non-hydrogen) atoms. The first-order valence-corrected chi connectivity index (χ1v) is 3.74. The second-order valence-electron chi connectivity index (χ2n) is 2.08. The van der Waals surface area contributed by atoms with Gasteiger partial charge in [0.25, 0.3) is 5.56 Å². The topological polar surface area (TPSA) is 56.6 Å². The van der Waals surface area contributed by atoms with Gasteiger partial charge in [-0.2, -0.15) is 5.26 Å². The number of nitrogens with zero attached hydrogens (tertiary/aromatic N) is 1. The highest BCUT2D eigenvalue weighted by Crippen LogP contribution is 2.14. The minimum atomic E-state index is -0.218. The van der Waals surface area contributed by atoms with E-state index in [-0.39, 0.29) is 5.56 Å². The molecule has 4 heteroatoms. The van der Waals surface area contributed by atoms with E-state index < -0.39 is 0 Å². The third-order valence-electron chi connectivity index (χ3n) is 1.40. The Morgan fingerprint density at radius 3 is 2.82 bits per heavy atom. The van der Waals surface area contributed by atoms with Crippen molar-refractivity contribution >= 4 is 15.9 Å². The Hall–Kier alpha value is -1.08. The van der Waals surface area contributed by atoms with Crippen LogP contribution in [0.4, 0.5) is 0 Å². The molecule has 0 fully saturated rings. The van der Waals surface area contributed by atoms with Gasteiger partial charge in [0, 0.05) is 11.8 Å². The van der Waals surface area contributed by atoms with Crippen molar-refractivity contribution in [2.24, 2.45) is 0 Å². The maximum atomic E-state index is 10.9. The van der Waals surface area contributed by atoms with Gasteiger partial charge in [-0.25, -0.2) is 0 Å². The summed E-state index contributed by atoms with van der Waals surface area (Å²) in [5, 5.41) is 8.59. The highest BCUT2D eigenvalue weighted by Gasteiger charge is 2.04. The molecule has 0 aromatic carbocycles. The van der Waals surface area contributed by atoms with Crippen molar-refractivity contribution in [3.63, 3.8) is 0 Å². The van der Waals surface area contributed by atoms with Crippen LogP contribution in [0.1, 0.15) is 11.1 Å². The van der Waals surface area contributed by atoms with Crippen molar-refractivity contribution in [3.8, 4) is 6.07 Å². The van der Waals surface area contributed by atoms with Gasteiger partial charge in [-0.3, -0.25) is 4.79 Å². The second kappa shape index (κ2) is 2.89. The van der Waals surface area contributed by atoms with Gasteiger partial charge < -0.3 is 4.98 Å². The highest BCUT2D eigenvalue weighted by molar-refractivity contribution is 9.10. The first-order chi connectivity index (χ1) is 5.16. The Bertz CT molecular complexity index is 375. The van der Waals surface area contributed by atoms with Crippen molar-refractivity contribution in [3.05, 3.63) is 32.2 Å². The Balaban J connectivity index is 3.57. The Kier molecular flexibility index (Phi) is 2.11. The van der Waals surface area contributed by atoms with E-state index in [0.29, 0.717) is 15.6 Å². The zero-order valence-corrected chi connectivity index (χ0v) is 7.40. The molecule has 0 bridgehead atoms. The number of halogens is 1. The molecule has 0 saturated carbocycles. The Morgan fingerprint density at radius 2 is 2.36 bits per heavy atom. The molecule has 0 spiro atoms. The van der Waals surface area contributed by atoms with Crippen LogP contribution in [-0.2, 0) is 0 Å². The van der Waals surface area contributed by atoms with Gasteiger partial charge in [0.1, 0.15) is 6.07 Å². The minimum Gasteiger partial charge on any atom is -0.328 e. The lowest BCUT2D eigenvalue weighted by atomic mass is 10.2. The number of aromatic amines is 1. The predicted molar refractivity (Wildman–Crippen MR) is 44.2 cm³/mol. The summed E-state index contributed by atoms with van der Waals surface area (Å²) >= 11 is 3.15. The molecule has 0 aliphatic carbocycles. The molecule has 1 N–H and O–H groups in total. The molecule has 3 nitrogen and oxygen atoms in total. The largest absolute Gasteiger partial charge is 0.328 e. The molecule has 56 valence electrons. The van der Waals surface area contributed by atoms with E-state index in [1.54, 1.807) is 6.92 Å². The summed E-state index contributed by atoms with van der Waals surface area (Å²) in [5.74, 6) is 0. The fourth-order valence-electron chi connectivity index (χ4n) is 0.739. The van der Waals surface area contributed by atoms with E-state index >= 15 is 0 Å². The van der Waals surface area contributed by atoms with Crippen LogP contribution in [0.2, 0.25) is 0 Å². The molecule has 0 unspecified atom stereocenters. The molecule has 1 aromatic rings. The molecular weight excluding hydrogens is 208 g/mol. The van der Waals surface area contributed by atoms with E-state index in [1.165, 1.54) is 6.20 Å². The zero-order chi connectivity index (χ0) is 8.43. The minimum absolute atomic E-state index is 0.218. The summed E-state index contributed by atoms with van der Waals surface area (Å²) in [6.45, 7) is 1.61. The molecule has 0 aliphatic rings. The van der Waals surface area contributed by atoms with Crippen LogP contribution in [0.25, 0.3) is 0 Å². The number of nitrogens with one attached hydrogen (secondary N) is 1. The van der Waals surface area contributed by atoms with E-state index in [2.05, 4.69) is 20.9 Å². The normalized spacial score (nSPS) is 9.18. The highest BCUT2D eigenvalue weighted by atomic mass is 79.9. The van der Waals surface area contributed by atoms with Gasteiger partial charge in [0.05, 0.1) is 10.0 Å². The lowest BCUT2D eigenvalue weighted by Crippen LogP contribution is -2.10. The number of hydrogen-bond acceptors (Lipinski definition) is 2. The van der Waals surface area contributed by atoms with E-state index in [9.17, 15) is 4.79 Å². The van der Waals surface area contributed by atoms with Gasteiger partial charge >= 0.3 is 0 Å². The van der Waals surface area contributed by atoms with Crippen LogP contribution in [0, 0.1) is 18.3 Å². The van der Waals surface area contributed by atoms with E-state index in [0.717, 1.165) is 0 Å². The van der Waals surface area contributed by atoms with Crippen molar-refractivity contribution in [2.45, 2.75) is 6.92 Å². The molecule has 0 amide bonds. The monoisotopic (exact) mass is 212 g/mol. The fourth-order valence-corrected chi connectivity index (χ4v) is 1.24. The van der Waals surface area contributed by atoms with Crippen molar-refractivity contribution in [1.29, 1.82) is 5.26 Å². The summed E-state index contributed by atoms with van der Waals surface area (Å²) in [6, 6.07) is 1.94. The third kappa shape index (κ3) is 1.33. The van der Waals surface area contributed by atoms with E-state index in [1.807, 2.05) is 6.07 Å². The molecule has 1 aromatic heterocycles. The number of nitriles is 1. The number of H-pyrrole nitrogens is 1. The molecule has 0 aliphatic heterocycles. The molecule has 0 radical (unpaired) electrons. The summed E-state index contributed by atoms with van der Waals surface area (Å²) in [6.07, 6.45) is 1.47. The lowest BCUT2D eigenvalue weighted by molar-refractivity contribution is 1.15. The van der Waals surface area contributed by atoms with Crippen LogP contribution >= 0.6 is 15.9 Å². The maximum absolute atomic E-state index is 10.9. The van der Waals surface area contributed by atoms with Crippen LogP contribution in [0.3, 0.4) is 0 Å². The van der Waals surface area contributed by atoms with Crippen molar-refractivity contribution in [1.82, 2.24) is 4.98 Å². The first kappa shape index (κ1) is 8.02.